The Hall–Kier alpha value is -1.55. The molecule has 1 aliphatic rings. The summed E-state index contributed by atoms with van der Waals surface area (Å²) in [5, 5.41) is 14.3. The molecule has 0 saturated carbocycles. The minimum Gasteiger partial charge on any atom is -0.383 e. The molecule has 5 heteroatoms. The van der Waals surface area contributed by atoms with E-state index in [-0.39, 0.29) is 12.5 Å². The molecule has 1 unspecified atom stereocenters. The van der Waals surface area contributed by atoms with Gasteiger partial charge in [-0.15, -0.1) is 0 Å². The van der Waals surface area contributed by atoms with Gasteiger partial charge in [-0.05, 0) is 42.2 Å². The van der Waals surface area contributed by atoms with Crippen LogP contribution in [0.15, 0.2) is 42.5 Å². The zero-order valence-electron chi connectivity index (χ0n) is 11.8. The summed E-state index contributed by atoms with van der Waals surface area (Å²) in [7, 11) is 0. The molecule has 2 N–H and O–H groups in total. The van der Waals surface area contributed by atoms with Gasteiger partial charge in [0.2, 0.25) is 0 Å². The SMILES string of the molecule is O=C(NCC1(O)CCc2ccccc21)c1ccc(Cl)cc1Cl. The predicted octanol–water partition coefficient (Wildman–Crippen LogP) is 3.56. The first kappa shape index (κ1) is 15.3. The lowest BCUT2D eigenvalue weighted by molar-refractivity contribution is 0.0369. The molecule has 2 aromatic carbocycles. The van der Waals surface area contributed by atoms with Crippen LogP contribution in [-0.4, -0.2) is 17.6 Å². The number of amides is 1. The van der Waals surface area contributed by atoms with Crippen molar-refractivity contribution in [2.75, 3.05) is 6.54 Å². The fourth-order valence-corrected chi connectivity index (χ4v) is 3.34. The highest BCUT2D eigenvalue weighted by atomic mass is 35.5. The number of halogens is 2. The van der Waals surface area contributed by atoms with Gasteiger partial charge in [0, 0.05) is 5.02 Å². The first-order chi connectivity index (χ1) is 10.5. The van der Waals surface area contributed by atoms with Crippen LogP contribution in [0.5, 0.6) is 0 Å². The number of nitrogens with one attached hydrogen (secondary N) is 1. The summed E-state index contributed by atoms with van der Waals surface area (Å²) in [4.78, 5) is 12.2. The van der Waals surface area contributed by atoms with Crippen molar-refractivity contribution in [3.63, 3.8) is 0 Å². The van der Waals surface area contributed by atoms with Crippen molar-refractivity contribution < 1.29 is 9.90 Å². The zero-order valence-corrected chi connectivity index (χ0v) is 13.3. The summed E-state index contributed by atoms with van der Waals surface area (Å²) < 4.78 is 0. The number of rotatable bonds is 3. The van der Waals surface area contributed by atoms with E-state index in [4.69, 9.17) is 23.2 Å². The van der Waals surface area contributed by atoms with Gasteiger partial charge in [-0.2, -0.15) is 0 Å². The molecule has 0 aliphatic heterocycles. The van der Waals surface area contributed by atoms with Gasteiger partial charge in [0.15, 0.2) is 0 Å². The maximum atomic E-state index is 12.2. The number of carbonyl (C=O) groups excluding carboxylic acids is 1. The van der Waals surface area contributed by atoms with Crippen LogP contribution in [0.3, 0.4) is 0 Å². The van der Waals surface area contributed by atoms with E-state index < -0.39 is 5.60 Å². The molecular weight excluding hydrogens is 321 g/mol. The predicted molar refractivity (Wildman–Crippen MR) is 87.5 cm³/mol. The Kier molecular flexibility index (Phi) is 4.13. The Morgan fingerprint density at radius 2 is 2.00 bits per heavy atom. The third-order valence-electron chi connectivity index (χ3n) is 4.04. The van der Waals surface area contributed by atoms with Crippen LogP contribution in [0.4, 0.5) is 0 Å². The Bertz CT molecular complexity index is 732. The number of hydrogen-bond acceptors (Lipinski definition) is 2. The Morgan fingerprint density at radius 3 is 2.77 bits per heavy atom. The molecule has 1 atom stereocenters. The summed E-state index contributed by atoms with van der Waals surface area (Å²) in [6.07, 6.45) is 1.41. The van der Waals surface area contributed by atoms with Crippen molar-refractivity contribution in [2.45, 2.75) is 18.4 Å². The van der Waals surface area contributed by atoms with Crippen LogP contribution < -0.4 is 5.32 Å². The van der Waals surface area contributed by atoms with Crippen LogP contribution in [0.25, 0.3) is 0 Å². The highest BCUT2D eigenvalue weighted by Crippen LogP contribution is 2.36. The summed E-state index contributed by atoms with van der Waals surface area (Å²) >= 11 is 11.9. The van der Waals surface area contributed by atoms with Crippen LogP contribution in [0.2, 0.25) is 10.0 Å². The molecule has 0 bridgehead atoms. The zero-order chi connectivity index (χ0) is 15.7. The van der Waals surface area contributed by atoms with E-state index in [1.54, 1.807) is 12.1 Å². The molecule has 22 heavy (non-hydrogen) atoms. The first-order valence-electron chi connectivity index (χ1n) is 7.04. The molecule has 1 amide bonds. The minimum absolute atomic E-state index is 0.155. The molecule has 0 saturated heterocycles. The monoisotopic (exact) mass is 335 g/mol. The first-order valence-corrected chi connectivity index (χ1v) is 7.79. The third kappa shape index (κ3) is 2.84. The van der Waals surface area contributed by atoms with Crippen molar-refractivity contribution in [2.24, 2.45) is 0 Å². The van der Waals surface area contributed by atoms with Crippen molar-refractivity contribution >= 4 is 29.1 Å². The maximum Gasteiger partial charge on any atom is 0.252 e. The van der Waals surface area contributed by atoms with Crippen molar-refractivity contribution in [3.05, 3.63) is 69.2 Å². The van der Waals surface area contributed by atoms with Gasteiger partial charge in [0.1, 0.15) is 5.60 Å². The molecule has 0 radical (unpaired) electrons. The van der Waals surface area contributed by atoms with E-state index in [1.807, 2.05) is 24.3 Å². The number of benzene rings is 2. The molecule has 114 valence electrons. The number of carbonyl (C=O) groups is 1. The molecule has 0 spiro atoms. The second-order valence-electron chi connectivity index (χ2n) is 5.50. The van der Waals surface area contributed by atoms with Gasteiger partial charge in [-0.1, -0.05) is 47.5 Å². The molecule has 0 fully saturated rings. The van der Waals surface area contributed by atoms with E-state index in [1.165, 1.54) is 6.07 Å². The Morgan fingerprint density at radius 1 is 1.23 bits per heavy atom. The van der Waals surface area contributed by atoms with Crippen LogP contribution in [0, 0.1) is 0 Å². The lowest BCUT2D eigenvalue weighted by atomic mass is 9.96. The minimum atomic E-state index is -1.02. The summed E-state index contributed by atoms with van der Waals surface area (Å²) in [5.41, 5.74) is 1.34. The van der Waals surface area contributed by atoms with E-state index in [0.717, 1.165) is 17.5 Å². The van der Waals surface area contributed by atoms with Gasteiger partial charge in [0.05, 0.1) is 17.1 Å². The second kappa shape index (κ2) is 5.92. The van der Waals surface area contributed by atoms with Crippen LogP contribution >= 0.6 is 23.2 Å². The molecule has 3 rings (SSSR count). The molecule has 3 nitrogen and oxygen atoms in total. The summed E-state index contributed by atoms with van der Waals surface area (Å²) in [5.74, 6) is -0.320. The average molecular weight is 336 g/mol. The lowest BCUT2D eigenvalue weighted by Crippen LogP contribution is -2.39. The Balaban J connectivity index is 1.74. The number of fused-ring (bicyclic) bond motifs is 1. The quantitative estimate of drug-likeness (QED) is 0.900. The Labute approximate surface area is 138 Å². The summed E-state index contributed by atoms with van der Waals surface area (Å²) in [6, 6.07) is 12.5. The molecular formula is C17H15Cl2NO2. The number of hydrogen-bond donors (Lipinski definition) is 2. The standard InChI is InChI=1S/C17H15Cl2NO2/c18-12-5-6-13(15(19)9-12)16(21)20-10-17(22)8-7-11-3-1-2-4-14(11)17/h1-6,9,22H,7-8,10H2,(H,20,21). The van der Waals surface area contributed by atoms with E-state index in [9.17, 15) is 9.90 Å². The number of aliphatic hydroxyl groups is 1. The van der Waals surface area contributed by atoms with Crippen molar-refractivity contribution in [1.82, 2.24) is 5.32 Å². The van der Waals surface area contributed by atoms with E-state index >= 15 is 0 Å². The highest BCUT2D eigenvalue weighted by Gasteiger charge is 2.36. The second-order valence-corrected chi connectivity index (χ2v) is 6.34. The van der Waals surface area contributed by atoms with Gasteiger partial charge < -0.3 is 10.4 Å². The third-order valence-corrected chi connectivity index (χ3v) is 4.59. The van der Waals surface area contributed by atoms with E-state index in [0.29, 0.717) is 22.0 Å². The van der Waals surface area contributed by atoms with Gasteiger partial charge >= 0.3 is 0 Å². The van der Waals surface area contributed by atoms with Gasteiger partial charge in [0.25, 0.3) is 5.91 Å². The largest absolute Gasteiger partial charge is 0.383 e. The molecule has 2 aromatic rings. The molecule has 0 aromatic heterocycles. The van der Waals surface area contributed by atoms with Crippen molar-refractivity contribution in [3.8, 4) is 0 Å². The van der Waals surface area contributed by atoms with Gasteiger partial charge in [-0.25, -0.2) is 0 Å². The van der Waals surface area contributed by atoms with Crippen LogP contribution in [-0.2, 0) is 12.0 Å². The van der Waals surface area contributed by atoms with E-state index in [2.05, 4.69) is 5.32 Å². The van der Waals surface area contributed by atoms with Crippen LogP contribution in [0.1, 0.15) is 27.9 Å². The molecule has 1 aliphatic carbocycles. The normalized spacial score (nSPS) is 19.8. The number of aryl methyl sites for hydroxylation is 1. The fraction of sp³-hybridized carbons (Fsp3) is 0.235. The average Bonchev–Trinajstić information content (AvgIpc) is 2.83. The van der Waals surface area contributed by atoms with Gasteiger partial charge in [-0.3, -0.25) is 4.79 Å². The maximum absolute atomic E-state index is 12.2. The summed E-state index contributed by atoms with van der Waals surface area (Å²) in [6.45, 7) is 0.155. The topological polar surface area (TPSA) is 49.3 Å². The fourth-order valence-electron chi connectivity index (χ4n) is 2.85. The highest BCUT2D eigenvalue weighted by molar-refractivity contribution is 6.36. The molecule has 0 heterocycles. The smallest absolute Gasteiger partial charge is 0.252 e. The lowest BCUT2D eigenvalue weighted by Gasteiger charge is -2.24. The van der Waals surface area contributed by atoms with Crippen molar-refractivity contribution in [1.29, 1.82) is 0 Å².